The lowest BCUT2D eigenvalue weighted by atomic mass is 9.87. The molecule has 1 N–H and O–H groups in total. The summed E-state index contributed by atoms with van der Waals surface area (Å²) in [6.45, 7) is 0.980. The Morgan fingerprint density at radius 3 is 2.67 bits per heavy atom. The third kappa shape index (κ3) is 5.36. The molecule has 0 saturated heterocycles. The van der Waals surface area contributed by atoms with Gasteiger partial charge in [0, 0.05) is 25.4 Å². The monoisotopic (exact) mass is 491 g/mol. The topological polar surface area (TPSA) is 68.2 Å². The molecule has 192 valence electrons. The van der Waals surface area contributed by atoms with Crippen molar-refractivity contribution in [2.75, 3.05) is 33.5 Å². The Bertz CT molecular complexity index is 1090. The van der Waals surface area contributed by atoms with Gasteiger partial charge in [-0.05, 0) is 53.2 Å². The zero-order valence-electron chi connectivity index (χ0n) is 21.2. The van der Waals surface area contributed by atoms with Gasteiger partial charge >= 0.3 is 0 Å². The number of fused-ring (bicyclic) bond motifs is 3. The molecule has 1 fully saturated rings. The Balaban J connectivity index is 1.40. The molecule has 5 rings (SSSR count). The average molecular weight is 492 g/mol. The van der Waals surface area contributed by atoms with E-state index in [1.54, 1.807) is 0 Å². The van der Waals surface area contributed by atoms with Crippen LogP contribution >= 0.6 is 0 Å². The van der Waals surface area contributed by atoms with Crippen LogP contribution in [0.1, 0.15) is 61.1 Å². The molecule has 0 radical (unpaired) electrons. The highest BCUT2D eigenvalue weighted by Crippen LogP contribution is 2.43. The first-order chi connectivity index (χ1) is 17.7. The van der Waals surface area contributed by atoms with E-state index in [1.807, 2.05) is 18.0 Å². The van der Waals surface area contributed by atoms with Crippen LogP contribution in [0.15, 0.2) is 54.3 Å². The first kappa shape index (κ1) is 25.0. The van der Waals surface area contributed by atoms with Crippen LogP contribution in [0.25, 0.3) is 11.1 Å². The highest BCUT2D eigenvalue weighted by molar-refractivity contribution is 5.92. The normalized spacial score (nSPS) is 21.3. The summed E-state index contributed by atoms with van der Waals surface area (Å²) in [4.78, 5) is 15.4. The van der Waals surface area contributed by atoms with Gasteiger partial charge in [-0.1, -0.05) is 61.7 Å². The fourth-order valence-corrected chi connectivity index (χ4v) is 5.87. The Labute approximate surface area is 213 Å². The molecule has 1 saturated carbocycles. The van der Waals surface area contributed by atoms with Crippen molar-refractivity contribution >= 4 is 5.91 Å². The van der Waals surface area contributed by atoms with E-state index in [1.165, 1.54) is 47.1 Å². The Morgan fingerprint density at radius 2 is 1.83 bits per heavy atom. The quantitative estimate of drug-likeness (QED) is 0.436. The number of nitrogens with zero attached hydrogens (tertiary/aromatic N) is 1. The maximum absolute atomic E-state index is 13.6. The van der Waals surface area contributed by atoms with E-state index in [0.717, 1.165) is 19.3 Å². The van der Waals surface area contributed by atoms with E-state index in [9.17, 15) is 4.79 Å². The number of aliphatic hydroxyl groups excluding tert-OH is 1. The van der Waals surface area contributed by atoms with E-state index < -0.39 is 6.29 Å². The molecule has 6 nitrogen and oxygen atoms in total. The summed E-state index contributed by atoms with van der Waals surface area (Å²) >= 11 is 0. The second-order valence-corrected chi connectivity index (χ2v) is 10.0. The number of rotatable bonds is 9. The van der Waals surface area contributed by atoms with Gasteiger partial charge in [-0.15, -0.1) is 0 Å². The van der Waals surface area contributed by atoms with Crippen molar-refractivity contribution in [3.8, 4) is 11.1 Å². The summed E-state index contributed by atoms with van der Waals surface area (Å²) in [6, 6.07) is 15.3. The number of hydrogen-bond acceptors (Lipinski definition) is 5. The predicted molar refractivity (Wildman–Crippen MR) is 138 cm³/mol. The summed E-state index contributed by atoms with van der Waals surface area (Å²) in [7, 11) is 1.90. The first-order valence-corrected chi connectivity index (χ1v) is 13.3. The molecule has 2 aromatic rings. The maximum atomic E-state index is 13.6. The molecule has 1 heterocycles. The number of carbonyl (C=O) groups excluding carboxylic acids is 1. The molecule has 0 bridgehead atoms. The van der Waals surface area contributed by atoms with Gasteiger partial charge in [0.05, 0.1) is 26.4 Å². The van der Waals surface area contributed by atoms with Crippen LogP contribution in [0.4, 0.5) is 0 Å². The third-order valence-electron chi connectivity index (χ3n) is 7.76. The minimum absolute atomic E-state index is 0.0155. The number of aliphatic hydroxyl groups is 1. The summed E-state index contributed by atoms with van der Waals surface area (Å²) < 4.78 is 17.5. The van der Waals surface area contributed by atoms with Gasteiger partial charge in [0.15, 0.2) is 5.76 Å². The van der Waals surface area contributed by atoms with Gasteiger partial charge < -0.3 is 24.2 Å². The zero-order valence-corrected chi connectivity index (χ0v) is 21.2. The summed E-state index contributed by atoms with van der Waals surface area (Å²) in [6.07, 6.45) is 8.70. The SMILES string of the molecule is CN(C(=O)C1=C[C@@H](c2cccc3c2Cc2ccccc2-3)C[C@@H](OCCOCCO)O1)C1CCCCC1. The number of likely N-dealkylation sites (N-methyl/N-ethyl adjacent to an activating group) is 1. The van der Waals surface area contributed by atoms with Gasteiger partial charge in [0.25, 0.3) is 5.91 Å². The third-order valence-corrected chi connectivity index (χ3v) is 7.76. The standard InChI is InChI=1S/C30H37NO5/c1-31(23-9-3-2-4-10-23)30(33)28-19-22(20-29(36-28)35-17-16-34-15-14-32)25-12-7-13-26-24-11-6-5-8-21(24)18-27(25)26/h5-8,11-13,19,22-23,29,32H,2-4,9-10,14-18,20H2,1H3/t22-,29+/m1/s1. The van der Waals surface area contributed by atoms with Gasteiger partial charge in [0.1, 0.15) is 0 Å². The Hall–Kier alpha value is -2.67. The maximum Gasteiger partial charge on any atom is 0.288 e. The Morgan fingerprint density at radius 1 is 1.03 bits per heavy atom. The lowest BCUT2D eigenvalue weighted by molar-refractivity contribution is -0.157. The summed E-state index contributed by atoms with van der Waals surface area (Å²) in [5.74, 6) is 0.339. The van der Waals surface area contributed by atoms with Crippen molar-refractivity contribution < 1.29 is 24.1 Å². The fraction of sp³-hybridized carbons (Fsp3) is 0.500. The molecule has 0 aromatic heterocycles. The molecule has 3 aliphatic rings. The Kier molecular flexibility index (Phi) is 8.05. The van der Waals surface area contributed by atoms with E-state index in [-0.39, 0.29) is 31.1 Å². The van der Waals surface area contributed by atoms with Gasteiger partial charge in [0.2, 0.25) is 6.29 Å². The fourth-order valence-electron chi connectivity index (χ4n) is 5.87. The smallest absolute Gasteiger partial charge is 0.288 e. The largest absolute Gasteiger partial charge is 0.459 e. The lowest BCUT2D eigenvalue weighted by Gasteiger charge is -2.35. The van der Waals surface area contributed by atoms with Crippen LogP contribution in [0.3, 0.4) is 0 Å². The second-order valence-electron chi connectivity index (χ2n) is 10.0. The average Bonchev–Trinajstić information content (AvgIpc) is 3.31. The van der Waals surface area contributed by atoms with E-state index in [4.69, 9.17) is 19.3 Å². The number of amides is 1. The van der Waals surface area contributed by atoms with Crippen LogP contribution in [0.5, 0.6) is 0 Å². The predicted octanol–water partition coefficient (Wildman–Crippen LogP) is 4.79. The van der Waals surface area contributed by atoms with Crippen molar-refractivity contribution in [3.05, 3.63) is 71.0 Å². The highest BCUT2D eigenvalue weighted by atomic mass is 16.7. The minimum Gasteiger partial charge on any atom is -0.459 e. The first-order valence-electron chi connectivity index (χ1n) is 13.3. The van der Waals surface area contributed by atoms with Crippen molar-refractivity contribution in [1.82, 2.24) is 4.90 Å². The van der Waals surface area contributed by atoms with Gasteiger partial charge in [-0.3, -0.25) is 4.79 Å². The van der Waals surface area contributed by atoms with Gasteiger partial charge in [-0.2, -0.15) is 0 Å². The molecule has 36 heavy (non-hydrogen) atoms. The molecule has 1 aliphatic heterocycles. The number of ether oxygens (including phenoxy) is 3. The summed E-state index contributed by atoms with van der Waals surface area (Å²) in [5, 5.41) is 8.93. The molecule has 2 aliphatic carbocycles. The molecule has 0 spiro atoms. The molecule has 1 amide bonds. The molecule has 6 heteroatoms. The molecule has 2 atom stereocenters. The number of carbonyl (C=O) groups is 1. The number of allylic oxidation sites excluding steroid dienone is 1. The van der Waals surface area contributed by atoms with Crippen molar-refractivity contribution in [3.63, 3.8) is 0 Å². The highest BCUT2D eigenvalue weighted by Gasteiger charge is 2.34. The van der Waals surface area contributed by atoms with Crippen LogP contribution in [-0.2, 0) is 25.4 Å². The van der Waals surface area contributed by atoms with E-state index in [2.05, 4.69) is 42.5 Å². The number of benzene rings is 2. The van der Waals surface area contributed by atoms with Crippen LogP contribution in [0, 0.1) is 0 Å². The molecular formula is C30H37NO5. The zero-order chi connectivity index (χ0) is 24.9. The number of hydrogen-bond donors (Lipinski definition) is 1. The second kappa shape index (κ2) is 11.6. The summed E-state index contributed by atoms with van der Waals surface area (Å²) in [5.41, 5.74) is 6.50. The lowest BCUT2D eigenvalue weighted by Crippen LogP contribution is -2.41. The van der Waals surface area contributed by atoms with Crippen LogP contribution in [0.2, 0.25) is 0 Å². The molecule has 2 aromatic carbocycles. The van der Waals surface area contributed by atoms with E-state index >= 15 is 0 Å². The van der Waals surface area contributed by atoms with Crippen molar-refractivity contribution in [1.29, 1.82) is 0 Å². The van der Waals surface area contributed by atoms with E-state index in [0.29, 0.717) is 25.4 Å². The van der Waals surface area contributed by atoms with Gasteiger partial charge in [-0.25, -0.2) is 0 Å². The minimum atomic E-state index is -0.531. The van der Waals surface area contributed by atoms with Crippen molar-refractivity contribution in [2.24, 2.45) is 0 Å². The molecular weight excluding hydrogens is 454 g/mol. The van der Waals surface area contributed by atoms with Crippen molar-refractivity contribution in [2.45, 2.75) is 63.2 Å². The van der Waals surface area contributed by atoms with Crippen LogP contribution < -0.4 is 0 Å². The van der Waals surface area contributed by atoms with Crippen LogP contribution in [-0.4, -0.2) is 61.7 Å². The molecule has 0 unspecified atom stereocenters.